The lowest BCUT2D eigenvalue weighted by molar-refractivity contribution is 0.166. The van der Waals surface area contributed by atoms with Gasteiger partial charge in [0, 0.05) is 39.3 Å². The zero-order valence-corrected chi connectivity index (χ0v) is 22.7. The second-order valence-electron chi connectivity index (χ2n) is 8.59. The summed E-state index contributed by atoms with van der Waals surface area (Å²) in [6, 6.07) is 4.35. The second kappa shape index (κ2) is 12.2. The first-order valence-electron chi connectivity index (χ1n) is 11.6. The first-order valence-corrected chi connectivity index (χ1v) is 12.5. The van der Waals surface area contributed by atoms with Gasteiger partial charge in [-0.05, 0) is 70.1 Å². The summed E-state index contributed by atoms with van der Waals surface area (Å²) in [5.41, 5.74) is 1.01. The number of likely N-dealkylation sites (tertiary alicyclic amines) is 1. The number of guanidine groups is 1. The largest absolute Gasteiger partial charge is 0.444 e. The number of rotatable bonds is 6. The van der Waals surface area contributed by atoms with Crippen LogP contribution >= 0.6 is 35.3 Å². The first kappa shape index (κ1) is 25.3. The molecule has 4 heterocycles. The fraction of sp³-hybridized carbons (Fsp3) is 0.652. The Balaban J connectivity index is 0.00000289. The first-order chi connectivity index (χ1) is 15.1. The maximum atomic E-state index is 5.76. The maximum absolute atomic E-state index is 5.76. The molecule has 2 aromatic rings. The van der Waals surface area contributed by atoms with Gasteiger partial charge in [0.1, 0.15) is 5.76 Å². The molecule has 0 aliphatic carbocycles. The number of halogens is 1. The molecule has 178 valence electrons. The summed E-state index contributed by atoms with van der Waals surface area (Å²) >= 11 is 1.83. The number of nitrogens with one attached hydrogen (secondary N) is 1. The smallest absolute Gasteiger partial charge is 0.208 e. The molecular formula is C23H37IN6OS. The van der Waals surface area contributed by atoms with Gasteiger partial charge in [0.2, 0.25) is 5.89 Å². The van der Waals surface area contributed by atoms with Crippen LogP contribution in [-0.4, -0.2) is 73.1 Å². The Morgan fingerprint density at radius 2 is 1.94 bits per heavy atom. The monoisotopic (exact) mass is 572 g/mol. The predicted octanol–water partition coefficient (Wildman–Crippen LogP) is 3.97. The topological polar surface area (TPSA) is 60.1 Å². The van der Waals surface area contributed by atoms with Crippen LogP contribution in [0.25, 0.3) is 0 Å². The Morgan fingerprint density at radius 1 is 1.19 bits per heavy atom. The highest BCUT2D eigenvalue weighted by molar-refractivity contribution is 14.0. The lowest BCUT2D eigenvalue weighted by Gasteiger charge is -2.37. The minimum atomic E-state index is 0. The fourth-order valence-corrected chi connectivity index (χ4v) is 5.14. The molecule has 2 aromatic heterocycles. The molecule has 0 amide bonds. The van der Waals surface area contributed by atoms with Gasteiger partial charge >= 0.3 is 0 Å². The lowest BCUT2D eigenvalue weighted by Crippen LogP contribution is -2.52. The molecule has 7 nitrogen and oxygen atoms in total. The summed E-state index contributed by atoms with van der Waals surface area (Å²) in [6.07, 6.45) is 2.38. The summed E-state index contributed by atoms with van der Waals surface area (Å²) in [5.74, 6) is 3.53. The van der Waals surface area contributed by atoms with Crippen LogP contribution in [0.15, 0.2) is 26.9 Å². The van der Waals surface area contributed by atoms with Gasteiger partial charge < -0.3 is 19.5 Å². The van der Waals surface area contributed by atoms with Crippen LogP contribution in [0.1, 0.15) is 37.1 Å². The van der Waals surface area contributed by atoms with Gasteiger partial charge in [-0.15, -0.1) is 35.3 Å². The summed E-state index contributed by atoms with van der Waals surface area (Å²) < 4.78 is 5.76. The molecule has 0 radical (unpaired) electrons. The summed E-state index contributed by atoms with van der Waals surface area (Å²) in [5, 5.41) is 7.06. The number of piperazine rings is 1. The van der Waals surface area contributed by atoms with Crippen molar-refractivity contribution in [2.75, 3.05) is 57.3 Å². The molecule has 0 unspecified atom stereocenters. The van der Waals surface area contributed by atoms with E-state index in [1.165, 1.54) is 17.8 Å². The predicted molar refractivity (Wildman–Crippen MR) is 143 cm³/mol. The van der Waals surface area contributed by atoms with Crippen molar-refractivity contribution in [2.45, 2.75) is 40.2 Å². The molecule has 2 aliphatic rings. The van der Waals surface area contributed by atoms with Crippen molar-refractivity contribution < 1.29 is 4.42 Å². The van der Waals surface area contributed by atoms with E-state index >= 15 is 0 Å². The number of aliphatic imine (C=N–C) groups is 1. The summed E-state index contributed by atoms with van der Waals surface area (Å²) in [7, 11) is 0. The molecule has 4 rings (SSSR count). The van der Waals surface area contributed by atoms with E-state index in [0.29, 0.717) is 5.92 Å². The van der Waals surface area contributed by atoms with Crippen molar-refractivity contribution in [3.05, 3.63) is 34.9 Å². The van der Waals surface area contributed by atoms with Crippen molar-refractivity contribution in [1.29, 1.82) is 0 Å². The molecule has 0 spiro atoms. The third kappa shape index (κ3) is 6.60. The average Bonchev–Trinajstić information content (AvgIpc) is 3.42. The number of oxazole rings is 1. The van der Waals surface area contributed by atoms with Crippen LogP contribution < -0.4 is 10.2 Å². The van der Waals surface area contributed by atoms with Gasteiger partial charge in [-0.2, -0.15) is 0 Å². The molecule has 2 fully saturated rings. The third-order valence-corrected chi connectivity index (χ3v) is 7.30. The zero-order chi connectivity index (χ0) is 21.6. The number of aryl methyl sites for hydroxylation is 2. The second-order valence-corrected chi connectivity index (χ2v) is 9.51. The van der Waals surface area contributed by atoms with Gasteiger partial charge in [-0.25, -0.2) is 4.98 Å². The number of thiophene rings is 1. The average molecular weight is 573 g/mol. The van der Waals surface area contributed by atoms with Crippen LogP contribution in [0.5, 0.6) is 0 Å². The van der Waals surface area contributed by atoms with E-state index < -0.39 is 0 Å². The van der Waals surface area contributed by atoms with E-state index in [9.17, 15) is 0 Å². The van der Waals surface area contributed by atoms with Crippen molar-refractivity contribution in [2.24, 2.45) is 10.9 Å². The molecule has 2 aliphatic heterocycles. The number of aromatic nitrogens is 1. The standard InChI is InChI=1S/C23H36N6OS.HI/c1-4-24-23(29-13-11-28(12-14-29)22-6-5-15-31-22)25-16-20-7-9-27(10-8-20)17-21-26-18(2)19(3)30-21;/h5-6,15,20H,4,7-14,16-17H2,1-3H3,(H,24,25);1H. The highest BCUT2D eigenvalue weighted by Gasteiger charge is 2.23. The van der Waals surface area contributed by atoms with Gasteiger partial charge in [-0.1, -0.05) is 0 Å². The van der Waals surface area contributed by atoms with Crippen LogP contribution in [0.3, 0.4) is 0 Å². The fourth-order valence-electron chi connectivity index (χ4n) is 4.36. The Morgan fingerprint density at radius 3 is 2.53 bits per heavy atom. The van der Waals surface area contributed by atoms with Gasteiger partial charge in [-0.3, -0.25) is 9.89 Å². The number of hydrogen-bond donors (Lipinski definition) is 1. The molecule has 1 N–H and O–H groups in total. The van der Waals surface area contributed by atoms with Crippen molar-refractivity contribution in [3.8, 4) is 0 Å². The lowest BCUT2D eigenvalue weighted by atomic mass is 9.97. The van der Waals surface area contributed by atoms with Gasteiger partial charge in [0.25, 0.3) is 0 Å². The van der Waals surface area contributed by atoms with E-state index in [1.54, 1.807) is 0 Å². The third-order valence-electron chi connectivity index (χ3n) is 6.37. The highest BCUT2D eigenvalue weighted by Crippen LogP contribution is 2.23. The molecule has 9 heteroatoms. The zero-order valence-electron chi connectivity index (χ0n) is 19.5. The van der Waals surface area contributed by atoms with E-state index in [4.69, 9.17) is 9.41 Å². The molecule has 0 saturated carbocycles. The number of hydrogen-bond acceptors (Lipinski definition) is 6. The van der Waals surface area contributed by atoms with E-state index in [1.807, 2.05) is 25.2 Å². The van der Waals surface area contributed by atoms with Crippen LogP contribution in [-0.2, 0) is 6.54 Å². The van der Waals surface area contributed by atoms with Crippen LogP contribution in [0.4, 0.5) is 5.00 Å². The SMILES string of the molecule is CCNC(=NCC1CCN(Cc2nc(C)c(C)o2)CC1)N1CCN(c2cccs2)CC1.I. The Labute approximate surface area is 213 Å². The Bertz CT molecular complexity index is 819. The van der Waals surface area contributed by atoms with E-state index in [2.05, 4.69) is 49.4 Å². The van der Waals surface area contributed by atoms with Crippen LogP contribution in [0.2, 0.25) is 0 Å². The normalized spacial score (nSPS) is 18.7. The summed E-state index contributed by atoms with van der Waals surface area (Å²) in [6.45, 7) is 15.2. The maximum Gasteiger partial charge on any atom is 0.208 e. The molecular weight excluding hydrogens is 535 g/mol. The minimum absolute atomic E-state index is 0. The molecule has 32 heavy (non-hydrogen) atoms. The van der Waals surface area contributed by atoms with E-state index in [-0.39, 0.29) is 24.0 Å². The van der Waals surface area contributed by atoms with Crippen molar-refractivity contribution >= 4 is 46.3 Å². The number of piperidine rings is 1. The van der Waals surface area contributed by atoms with Crippen LogP contribution in [0, 0.1) is 19.8 Å². The highest BCUT2D eigenvalue weighted by atomic mass is 127. The number of anilines is 1. The van der Waals surface area contributed by atoms with E-state index in [0.717, 1.165) is 82.2 Å². The Kier molecular flexibility index (Phi) is 9.66. The number of nitrogens with zero attached hydrogens (tertiary/aromatic N) is 5. The molecule has 0 aromatic carbocycles. The van der Waals surface area contributed by atoms with Crippen molar-refractivity contribution in [3.63, 3.8) is 0 Å². The summed E-state index contributed by atoms with van der Waals surface area (Å²) in [4.78, 5) is 16.9. The quantitative estimate of drug-likeness (QED) is 0.321. The molecule has 0 atom stereocenters. The Hall–Kier alpha value is -1.33. The van der Waals surface area contributed by atoms with Gasteiger partial charge in [0.15, 0.2) is 5.96 Å². The van der Waals surface area contributed by atoms with Gasteiger partial charge in [0.05, 0.1) is 17.2 Å². The minimum Gasteiger partial charge on any atom is -0.444 e. The van der Waals surface area contributed by atoms with Crippen molar-refractivity contribution in [1.82, 2.24) is 20.1 Å². The molecule has 2 saturated heterocycles. The molecule has 0 bridgehead atoms.